The number of halogens is 1. The number of nitrogens with zero attached hydrogens (tertiary/aromatic N) is 2. The second-order valence-electron chi connectivity index (χ2n) is 7.40. The Morgan fingerprint density at radius 2 is 2.03 bits per heavy atom. The van der Waals surface area contributed by atoms with E-state index in [1.165, 1.54) is 6.20 Å². The monoisotopic (exact) mass is 427 g/mol. The largest absolute Gasteiger partial charge is 0.393 e. The van der Waals surface area contributed by atoms with Crippen LogP contribution in [-0.2, 0) is 16.1 Å². The molecule has 1 aliphatic rings. The summed E-state index contributed by atoms with van der Waals surface area (Å²) < 4.78 is 11.8. The van der Waals surface area contributed by atoms with Crippen molar-refractivity contribution in [3.63, 3.8) is 0 Å². The average Bonchev–Trinajstić information content (AvgIpc) is 2.75. The Hall–Kier alpha value is -2.74. The standard InChI is InChI=1S/C22H22ClN3O4/c23-17-8-9-18-21(22(24)19(10-25-18)26(27)28)20(17)15-6-7-16(30-12-15)13-29-11-14-4-2-1-3-5-14/h1-5,8-10,15-16H,6-7,11-13H2,(H2,24,25)/t15?,16-/m0/s1. The van der Waals surface area contributed by atoms with E-state index in [9.17, 15) is 10.1 Å². The summed E-state index contributed by atoms with van der Waals surface area (Å²) in [5.41, 5.74) is 8.51. The minimum absolute atomic E-state index is 0.00326. The van der Waals surface area contributed by atoms with Gasteiger partial charge < -0.3 is 15.2 Å². The number of aromatic nitrogens is 1. The van der Waals surface area contributed by atoms with Crippen molar-refractivity contribution < 1.29 is 14.4 Å². The number of rotatable bonds is 6. The Labute approximate surface area is 178 Å². The van der Waals surface area contributed by atoms with Crippen LogP contribution < -0.4 is 5.73 Å². The van der Waals surface area contributed by atoms with Crippen molar-refractivity contribution in [1.29, 1.82) is 0 Å². The number of pyridine rings is 1. The highest BCUT2D eigenvalue weighted by Crippen LogP contribution is 2.41. The molecule has 1 unspecified atom stereocenters. The molecule has 0 spiro atoms. The lowest BCUT2D eigenvalue weighted by Gasteiger charge is -2.30. The van der Waals surface area contributed by atoms with Gasteiger partial charge in [0.1, 0.15) is 11.9 Å². The van der Waals surface area contributed by atoms with Gasteiger partial charge in [-0.3, -0.25) is 10.1 Å². The Balaban J connectivity index is 1.47. The van der Waals surface area contributed by atoms with Crippen LogP contribution in [0.25, 0.3) is 10.9 Å². The maximum Gasteiger partial charge on any atom is 0.310 e. The van der Waals surface area contributed by atoms with Crippen molar-refractivity contribution in [2.45, 2.75) is 31.5 Å². The van der Waals surface area contributed by atoms with E-state index in [1.807, 2.05) is 30.3 Å². The number of fused-ring (bicyclic) bond motifs is 1. The molecule has 0 bridgehead atoms. The smallest absolute Gasteiger partial charge is 0.310 e. The fourth-order valence-corrected chi connectivity index (χ4v) is 4.21. The maximum absolute atomic E-state index is 11.3. The number of hydrogen-bond acceptors (Lipinski definition) is 6. The Morgan fingerprint density at radius 3 is 2.73 bits per heavy atom. The highest BCUT2D eigenvalue weighted by molar-refractivity contribution is 6.32. The molecule has 0 aliphatic carbocycles. The predicted octanol–water partition coefficient (Wildman–Crippen LogP) is 4.86. The van der Waals surface area contributed by atoms with Gasteiger partial charge in [-0.05, 0) is 36.1 Å². The first-order chi connectivity index (χ1) is 14.5. The summed E-state index contributed by atoms with van der Waals surface area (Å²) in [7, 11) is 0. The molecule has 8 heteroatoms. The van der Waals surface area contributed by atoms with Crippen LogP contribution in [0.15, 0.2) is 48.7 Å². The molecular formula is C22H22ClN3O4. The zero-order chi connectivity index (χ0) is 21.1. The number of nitro groups is 1. The number of anilines is 1. The first-order valence-electron chi connectivity index (χ1n) is 9.79. The van der Waals surface area contributed by atoms with E-state index in [1.54, 1.807) is 12.1 Å². The topological polar surface area (TPSA) is 101 Å². The summed E-state index contributed by atoms with van der Waals surface area (Å²) in [5.74, 6) is -0.0160. The summed E-state index contributed by atoms with van der Waals surface area (Å²) in [6, 6.07) is 13.5. The fraction of sp³-hybridized carbons (Fsp3) is 0.318. The number of hydrogen-bond donors (Lipinski definition) is 1. The van der Waals surface area contributed by atoms with E-state index >= 15 is 0 Å². The van der Waals surface area contributed by atoms with Crippen LogP contribution in [0.3, 0.4) is 0 Å². The van der Waals surface area contributed by atoms with Gasteiger partial charge in [0, 0.05) is 16.3 Å². The highest BCUT2D eigenvalue weighted by atomic mass is 35.5. The lowest BCUT2D eigenvalue weighted by Crippen LogP contribution is -2.29. The molecule has 7 nitrogen and oxygen atoms in total. The zero-order valence-corrected chi connectivity index (χ0v) is 17.0. The van der Waals surface area contributed by atoms with Crippen LogP contribution in [-0.4, -0.2) is 29.2 Å². The van der Waals surface area contributed by atoms with Gasteiger partial charge in [-0.15, -0.1) is 0 Å². The van der Waals surface area contributed by atoms with Crippen molar-refractivity contribution in [3.05, 3.63) is 74.9 Å². The van der Waals surface area contributed by atoms with Crippen LogP contribution in [0, 0.1) is 10.1 Å². The zero-order valence-electron chi connectivity index (χ0n) is 16.3. The molecule has 1 saturated heterocycles. The second kappa shape index (κ2) is 8.95. The third kappa shape index (κ3) is 4.23. The number of benzene rings is 2. The summed E-state index contributed by atoms with van der Waals surface area (Å²) >= 11 is 6.49. The summed E-state index contributed by atoms with van der Waals surface area (Å²) in [5, 5.41) is 12.4. The predicted molar refractivity (Wildman–Crippen MR) is 116 cm³/mol. The van der Waals surface area contributed by atoms with Crippen molar-refractivity contribution in [2.24, 2.45) is 0 Å². The molecule has 2 aromatic carbocycles. The SMILES string of the molecule is Nc1c([N+](=O)[O-])cnc2ccc(Cl)c(C3CC[C@@H](COCc4ccccc4)OC3)c12. The lowest BCUT2D eigenvalue weighted by molar-refractivity contribution is -0.384. The van der Waals surface area contributed by atoms with Crippen molar-refractivity contribution >= 4 is 33.9 Å². The second-order valence-corrected chi connectivity index (χ2v) is 7.81. The molecule has 2 N–H and O–H groups in total. The highest BCUT2D eigenvalue weighted by Gasteiger charge is 2.28. The molecule has 4 rings (SSSR count). The maximum atomic E-state index is 11.3. The molecule has 3 aromatic rings. The molecular weight excluding hydrogens is 406 g/mol. The molecule has 0 saturated carbocycles. The summed E-state index contributed by atoms with van der Waals surface area (Å²) in [6.45, 7) is 1.51. The van der Waals surface area contributed by atoms with Crippen LogP contribution in [0.5, 0.6) is 0 Å². The molecule has 156 valence electrons. The third-order valence-corrected chi connectivity index (χ3v) is 5.76. The van der Waals surface area contributed by atoms with E-state index in [4.69, 9.17) is 26.8 Å². The molecule has 0 amide bonds. The van der Waals surface area contributed by atoms with Crippen molar-refractivity contribution in [1.82, 2.24) is 4.98 Å². The lowest BCUT2D eigenvalue weighted by atomic mass is 9.88. The molecule has 30 heavy (non-hydrogen) atoms. The van der Waals surface area contributed by atoms with Gasteiger partial charge in [0.25, 0.3) is 0 Å². The van der Waals surface area contributed by atoms with E-state index in [-0.39, 0.29) is 23.4 Å². The molecule has 1 aliphatic heterocycles. The van der Waals surface area contributed by atoms with Crippen LogP contribution >= 0.6 is 11.6 Å². The summed E-state index contributed by atoms with van der Waals surface area (Å²) in [4.78, 5) is 15.0. The minimum Gasteiger partial charge on any atom is -0.393 e. The van der Waals surface area contributed by atoms with E-state index in [0.29, 0.717) is 35.7 Å². The first kappa shape index (κ1) is 20.5. The molecule has 2 heterocycles. The third-order valence-electron chi connectivity index (χ3n) is 5.43. The van der Waals surface area contributed by atoms with Gasteiger partial charge in [-0.2, -0.15) is 0 Å². The Kier molecular flexibility index (Phi) is 6.13. The van der Waals surface area contributed by atoms with Gasteiger partial charge in [0.2, 0.25) is 0 Å². The number of nitrogens with two attached hydrogens (primary N) is 1. The van der Waals surface area contributed by atoms with Crippen LogP contribution in [0.4, 0.5) is 11.4 Å². The Morgan fingerprint density at radius 1 is 1.23 bits per heavy atom. The molecule has 2 atom stereocenters. The van der Waals surface area contributed by atoms with Gasteiger partial charge >= 0.3 is 5.69 Å². The molecule has 1 fully saturated rings. The van der Waals surface area contributed by atoms with Gasteiger partial charge in [0.15, 0.2) is 0 Å². The normalized spacial score (nSPS) is 19.1. The fourth-order valence-electron chi connectivity index (χ4n) is 3.89. The van der Waals surface area contributed by atoms with Gasteiger partial charge in [-0.25, -0.2) is 4.98 Å². The first-order valence-corrected chi connectivity index (χ1v) is 10.2. The molecule has 1 aromatic heterocycles. The van der Waals surface area contributed by atoms with E-state index in [0.717, 1.165) is 24.0 Å². The Bertz CT molecular complexity index is 1050. The van der Waals surface area contributed by atoms with Crippen LogP contribution in [0.2, 0.25) is 5.02 Å². The quantitative estimate of drug-likeness (QED) is 0.445. The number of ether oxygens (including phenoxy) is 2. The van der Waals surface area contributed by atoms with Crippen molar-refractivity contribution in [2.75, 3.05) is 18.9 Å². The van der Waals surface area contributed by atoms with E-state index in [2.05, 4.69) is 4.98 Å². The van der Waals surface area contributed by atoms with Crippen molar-refractivity contribution in [3.8, 4) is 0 Å². The average molecular weight is 428 g/mol. The van der Waals surface area contributed by atoms with Gasteiger partial charge in [-0.1, -0.05) is 41.9 Å². The van der Waals surface area contributed by atoms with Gasteiger partial charge in [0.05, 0.1) is 36.4 Å². The molecule has 0 radical (unpaired) electrons. The number of nitrogen functional groups attached to an aromatic ring is 1. The minimum atomic E-state index is -0.524. The summed E-state index contributed by atoms with van der Waals surface area (Å²) in [6.07, 6.45) is 2.81. The van der Waals surface area contributed by atoms with E-state index < -0.39 is 4.92 Å². The van der Waals surface area contributed by atoms with Crippen LogP contribution in [0.1, 0.15) is 29.9 Å².